The van der Waals surface area contributed by atoms with Crippen LogP contribution in [0.1, 0.15) is 35.1 Å². The largest absolute Gasteiger partial charge is 0.347 e. The highest BCUT2D eigenvalue weighted by Gasteiger charge is 2.16. The van der Waals surface area contributed by atoms with E-state index in [0.717, 1.165) is 24.4 Å². The fraction of sp³-hybridized carbons (Fsp3) is 0.667. The van der Waals surface area contributed by atoms with Gasteiger partial charge in [-0.05, 0) is 24.9 Å². The number of nitrogens with one attached hydrogen (secondary N) is 1. The van der Waals surface area contributed by atoms with Crippen LogP contribution in [0, 0.1) is 6.92 Å². The summed E-state index contributed by atoms with van der Waals surface area (Å²) in [6.45, 7) is 4.30. The second kappa shape index (κ2) is 5.77. The van der Waals surface area contributed by atoms with Gasteiger partial charge in [-0.3, -0.25) is 4.79 Å². The van der Waals surface area contributed by atoms with Crippen LogP contribution in [-0.2, 0) is 0 Å². The van der Waals surface area contributed by atoms with Gasteiger partial charge >= 0.3 is 0 Å². The van der Waals surface area contributed by atoms with E-state index in [4.69, 9.17) is 5.73 Å². The highest BCUT2D eigenvalue weighted by molar-refractivity contribution is 7.07. The van der Waals surface area contributed by atoms with Gasteiger partial charge in [-0.1, -0.05) is 17.8 Å². The molecule has 84 valence electrons. The summed E-state index contributed by atoms with van der Waals surface area (Å²) in [5.74, 6) is -0.119. The number of amides is 1. The minimum Gasteiger partial charge on any atom is -0.347 e. The van der Waals surface area contributed by atoms with Crippen molar-refractivity contribution in [1.29, 1.82) is 0 Å². The van der Waals surface area contributed by atoms with Gasteiger partial charge in [0.1, 0.15) is 4.88 Å². The maximum atomic E-state index is 11.7. The zero-order valence-corrected chi connectivity index (χ0v) is 9.80. The molecular weight excluding hydrogens is 212 g/mol. The van der Waals surface area contributed by atoms with Crippen LogP contribution in [0.2, 0.25) is 0 Å². The Morgan fingerprint density at radius 3 is 2.87 bits per heavy atom. The second-order valence-corrected chi connectivity index (χ2v) is 4.14. The summed E-state index contributed by atoms with van der Waals surface area (Å²) >= 11 is 1.11. The van der Waals surface area contributed by atoms with Gasteiger partial charge < -0.3 is 11.1 Å². The molecule has 1 amide bonds. The number of carbonyl (C=O) groups is 1. The van der Waals surface area contributed by atoms with Crippen molar-refractivity contribution in [3.05, 3.63) is 10.6 Å². The molecule has 1 heterocycles. The molecule has 0 saturated heterocycles. The molecule has 1 rings (SSSR count). The molecule has 0 aliphatic heterocycles. The molecule has 1 aromatic heterocycles. The van der Waals surface area contributed by atoms with Crippen LogP contribution in [0.15, 0.2) is 0 Å². The number of aryl methyl sites for hydroxylation is 1. The number of rotatable bonds is 5. The van der Waals surface area contributed by atoms with Crippen molar-refractivity contribution in [2.75, 3.05) is 6.54 Å². The quantitative estimate of drug-likeness (QED) is 0.777. The Morgan fingerprint density at radius 2 is 2.40 bits per heavy atom. The Bertz CT molecular complexity index is 326. The highest BCUT2D eigenvalue weighted by Crippen LogP contribution is 2.09. The van der Waals surface area contributed by atoms with Gasteiger partial charge in [0.25, 0.3) is 5.91 Å². The molecule has 15 heavy (non-hydrogen) atoms. The molecule has 6 heteroatoms. The van der Waals surface area contributed by atoms with Gasteiger partial charge in [0.15, 0.2) is 0 Å². The highest BCUT2D eigenvalue weighted by atomic mass is 32.1. The van der Waals surface area contributed by atoms with Crippen molar-refractivity contribution in [3.8, 4) is 0 Å². The Morgan fingerprint density at radius 1 is 1.67 bits per heavy atom. The van der Waals surface area contributed by atoms with E-state index in [1.807, 2.05) is 0 Å². The number of nitrogens with two attached hydrogens (primary N) is 1. The SMILES string of the molecule is CCCC(CN)NC(=O)c1snnc1C. The van der Waals surface area contributed by atoms with Gasteiger partial charge in [0.05, 0.1) is 5.69 Å². The topological polar surface area (TPSA) is 80.9 Å². The summed E-state index contributed by atoms with van der Waals surface area (Å²) in [7, 11) is 0. The zero-order valence-electron chi connectivity index (χ0n) is 8.99. The molecule has 0 saturated carbocycles. The van der Waals surface area contributed by atoms with Crippen LogP contribution in [0.25, 0.3) is 0 Å². The van der Waals surface area contributed by atoms with Crippen molar-refractivity contribution in [3.63, 3.8) is 0 Å². The smallest absolute Gasteiger partial charge is 0.265 e. The molecule has 5 nitrogen and oxygen atoms in total. The maximum Gasteiger partial charge on any atom is 0.265 e. The van der Waals surface area contributed by atoms with Crippen molar-refractivity contribution in [1.82, 2.24) is 14.9 Å². The molecular formula is C9H16N4OS. The third-order valence-electron chi connectivity index (χ3n) is 2.11. The number of aromatic nitrogens is 2. The first-order valence-electron chi connectivity index (χ1n) is 4.98. The summed E-state index contributed by atoms with van der Waals surface area (Å²) in [6.07, 6.45) is 1.90. The van der Waals surface area contributed by atoms with Crippen LogP contribution in [0.4, 0.5) is 0 Å². The first-order chi connectivity index (χ1) is 7.19. The van der Waals surface area contributed by atoms with E-state index in [1.54, 1.807) is 6.92 Å². The number of hydrogen-bond acceptors (Lipinski definition) is 5. The molecule has 3 N–H and O–H groups in total. The van der Waals surface area contributed by atoms with E-state index in [1.165, 1.54) is 0 Å². The second-order valence-electron chi connectivity index (χ2n) is 3.38. The normalized spacial score (nSPS) is 12.5. The van der Waals surface area contributed by atoms with Crippen LogP contribution in [0.5, 0.6) is 0 Å². The minimum absolute atomic E-state index is 0.0454. The average molecular weight is 228 g/mol. The Hall–Kier alpha value is -1.01. The minimum atomic E-state index is -0.119. The summed E-state index contributed by atoms with van der Waals surface area (Å²) in [6, 6.07) is 0.0454. The lowest BCUT2D eigenvalue weighted by Gasteiger charge is -2.14. The predicted octanol–water partition coefficient (Wildman–Crippen LogP) is 0.704. The van der Waals surface area contributed by atoms with E-state index < -0.39 is 0 Å². The van der Waals surface area contributed by atoms with Gasteiger partial charge in [-0.15, -0.1) is 5.10 Å². The molecule has 0 bridgehead atoms. The van der Waals surface area contributed by atoms with Crippen LogP contribution >= 0.6 is 11.5 Å². The third-order valence-corrected chi connectivity index (χ3v) is 2.94. The van der Waals surface area contributed by atoms with Crippen LogP contribution < -0.4 is 11.1 Å². The Balaban J connectivity index is 2.58. The van der Waals surface area contributed by atoms with Crippen molar-refractivity contribution >= 4 is 17.4 Å². The van der Waals surface area contributed by atoms with Crippen LogP contribution in [0.3, 0.4) is 0 Å². The van der Waals surface area contributed by atoms with Gasteiger partial charge in [-0.2, -0.15) is 0 Å². The summed E-state index contributed by atoms with van der Waals surface area (Å²) in [4.78, 5) is 12.3. The van der Waals surface area contributed by atoms with Crippen molar-refractivity contribution < 1.29 is 4.79 Å². The monoisotopic (exact) mass is 228 g/mol. The lowest BCUT2D eigenvalue weighted by Crippen LogP contribution is -2.40. The lowest BCUT2D eigenvalue weighted by molar-refractivity contribution is 0.0939. The summed E-state index contributed by atoms with van der Waals surface area (Å²) in [5, 5.41) is 6.67. The van der Waals surface area contributed by atoms with Gasteiger partial charge in [0, 0.05) is 12.6 Å². The molecule has 1 aromatic rings. The standard InChI is InChI=1S/C9H16N4OS/c1-3-4-7(5-10)11-9(14)8-6(2)12-13-15-8/h7H,3-5,10H2,1-2H3,(H,11,14). The molecule has 0 aliphatic rings. The summed E-state index contributed by atoms with van der Waals surface area (Å²) in [5.41, 5.74) is 6.23. The Labute approximate surface area is 93.2 Å². The van der Waals surface area contributed by atoms with E-state index in [-0.39, 0.29) is 11.9 Å². The average Bonchev–Trinajstić information content (AvgIpc) is 2.63. The van der Waals surface area contributed by atoms with Gasteiger partial charge in [-0.25, -0.2) is 0 Å². The van der Waals surface area contributed by atoms with Gasteiger partial charge in [0.2, 0.25) is 0 Å². The lowest BCUT2D eigenvalue weighted by atomic mass is 10.1. The van der Waals surface area contributed by atoms with Crippen LogP contribution in [-0.4, -0.2) is 28.1 Å². The number of nitrogens with zero attached hydrogens (tertiary/aromatic N) is 2. The van der Waals surface area contributed by atoms with E-state index in [0.29, 0.717) is 17.1 Å². The number of carbonyl (C=O) groups excluding carboxylic acids is 1. The van der Waals surface area contributed by atoms with Crippen molar-refractivity contribution in [2.24, 2.45) is 5.73 Å². The predicted molar refractivity (Wildman–Crippen MR) is 59.9 cm³/mol. The maximum absolute atomic E-state index is 11.7. The van der Waals surface area contributed by atoms with E-state index in [2.05, 4.69) is 21.8 Å². The molecule has 0 aliphatic carbocycles. The molecule has 0 spiro atoms. The van der Waals surface area contributed by atoms with E-state index in [9.17, 15) is 4.79 Å². The molecule has 1 unspecified atom stereocenters. The molecule has 0 aromatic carbocycles. The fourth-order valence-electron chi connectivity index (χ4n) is 1.29. The number of hydrogen-bond donors (Lipinski definition) is 2. The first kappa shape index (κ1) is 12.1. The zero-order chi connectivity index (χ0) is 11.3. The molecule has 0 fully saturated rings. The van der Waals surface area contributed by atoms with E-state index >= 15 is 0 Å². The Kier molecular flexibility index (Phi) is 4.64. The fourth-order valence-corrected chi connectivity index (χ4v) is 1.85. The molecule has 1 atom stereocenters. The van der Waals surface area contributed by atoms with Crippen molar-refractivity contribution in [2.45, 2.75) is 32.7 Å². The first-order valence-corrected chi connectivity index (χ1v) is 5.76. The molecule has 0 radical (unpaired) electrons. The third kappa shape index (κ3) is 3.24. The summed E-state index contributed by atoms with van der Waals surface area (Å²) < 4.78 is 3.72.